The smallest absolute Gasteiger partial charge is 0.222 e. The highest BCUT2D eigenvalue weighted by Gasteiger charge is 2.20. The Bertz CT molecular complexity index is 1150. The fraction of sp³-hybridized carbons (Fsp3) is 0.318. The van der Waals surface area contributed by atoms with Crippen LogP contribution in [-0.4, -0.2) is 44.2 Å². The lowest BCUT2D eigenvalue weighted by molar-refractivity contribution is -0.122. The Morgan fingerprint density at radius 3 is 2.90 bits per heavy atom. The molecule has 156 valence electrons. The Morgan fingerprint density at radius 2 is 2.07 bits per heavy atom. The van der Waals surface area contributed by atoms with Gasteiger partial charge in [0.2, 0.25) is 5.91 Å². The average Bonchev–Trinajstić information content (AvgIpc) is 3.39. The lowest BCUT2D eigenvalue weighted by Gasteiger charge is -2.17. The van der Waals surface area contributed by atoms with Crippen molar-refractivity contribution < 1.29 is 9.53 Å². The summed E-state index contributed by atoms with van der Waals surface area (Å²) in [6, 6.07) is 13.6. The number of nitrogens with zero attached hydrogens (tertiary/aromatic N) is 4. The number of fused-ring (bicyclic) bond motifs is 2. The van der Waals surface area contributed by atoms with Gasteiger partial charge in [-0.05, 0) is 48.8 Å². The Labute approximate surface area is 179 Å². The first-order valence-electron chi connectivity index (χ1n) is 9.91. The van der Waals surface area contributed by atoms with Crippen LogP contribution in [0.2, 0.25) is 0 Å². The quantitative estimate of drug-likeness (QED) is 0.444. The molecule has 0 aliphatic rings. The molecule has 0 aliphatic carbocycles. The number of amides is 1. The van der Waals surface area contributed by atoms with Crippen LogP contribution in [0.4, 0.5) is 0 Å². The fourth-order valence-electron chi connectivity index (χ4n) is 3.66. The van der Waals surface area contributed by atoms with Crippen LogP contribution in [0.3, 0.4) is 0 Å². The number of aryl methyl sites for hydroxylation is 1. The molecule has 0 fully saturated rings. The van der Waals surface area contributed by atoms with E-state index < -0.39 is 0 Å². The topological polar surface area (TPSA) is 73.4 Å². The largest absolute Gasteiger partial charge is 0.496 e. The van der Waals surface area contributed by atoms with Crippen LogP contribution in [0.25, 0.3) is 16.6 Å². The molecule has 0 bridgehead atoms. The van der Waals surface area contributed by atoms with Crippen LogP contribution in [0, 0.1) is 0 Å². The number of methoxy groups -OCH3 is 1. The summed E-state index contributed by atoms with van der Waals surface area (Å²) in [5.74, 6) is 2.53. The molecule has 8 heteroatoms. The second-order valence-corrected chi connectivity index (χ2v) is 8.03. The highest BCUT2D eigenvalue weighted by molar-refractivity contribution is 7.98. The second kappa shape index (κ2) is 9.21. The van der Waals surface area contributed by atoms with Crippen LogP contribution in [0.1, 0.15) is 24.7 Å². The van der Waals surface area contributed by atoms with Crippen molar-refractivity contribution in [2.45, 2.75) is 25.4 Å². The van der Waals surface area contributed by atoms with E-state index in [4.69, 9.17) is 4.74 Å². The van der Waals surface area contributed by atoms with Gasteiger partial charge in [-0.3, -0.25) is 9.20 Å². The number of hydrogen-bond acceptors (Lipinski definition) is 5. The molecule has 1 unspecified atom stereocenters. The van der Waals surface area contributed by atoms with Gasteiger partial charge in [-0.1, -0.05) is 12.1 Å². The molecule has 0 saturated carbocycles. The predicted molar refractivity (Wildman–Crippen MR) is 120 cm³/mol. The van der Waals surface area contributed by atoms with Crippen LogP contribution < -0.4 is 10.1 Å². The monoisotopic (exact) mass is 423 g/mol. The third kappa shape index (κ3) is 4.14. The summed E-state index contributed by atoms with van der Waals surface area (Å²) in [7, 11) is 1.67. The number of rotatable bonds is 9. The number of carbonyl (C=O) groups is 1. The first-order valence-corrected chi connectivity index (χ1v) is 11.3. The molecule has 0 aliphatic heterocycles. The minimum Gasteiger partial charge on any atom is -0.496 e. The SMILES string of the molecule is COc1cccc2c1ccn2CCC(=O)NC(CCSC)c1nnc2ccccn12. The summed E-state index contributed by atoms with van der Waals surface area (Å²) in [4.78, 5) is 12.8. The van der Waals surface area contributed by atoms with E-state index in [0.29, 0.717) is 13.0 Å². The van der Waals surface area contributed by atoms with Gasteiger partial charge in [0.1, 0.15) is 5.75 Å². The predicted octanol–water partition coefficient (Wildman–Crippen LogP) is 3.69. The second-order valence-electron chi connectivity index (χ2n) is 7.04. The molecule has 1 atom stereocenters. The molecule has 4 rings (SSSR count). The van der Waals surface area contributed by atoms with E-state index in [2.05, 4.69) is 26.3 Å². The lowest BCUT2D eigenvalue weighted by atomic mass is 10.2. The van der Waals surface area contributed by atoms with Gasteiger partial charge >= 0.3 is 0 Å². The van der Waals surface area contributed by atoms with Gasteiger partial charge in [0.15, 0.2) is 11.5 Å². The summed E-state index contributed by atoms with van der Waals surface area (Å²) in [5.41, 5.74) is 1.84. The highest BCUT2D eigenvalue weighted by Crippen LogP contribution is 2.26. The van der Waals surface area contributed by atoms with E-state index in [9.17, 15) is 4.79 Å². The Morgan fingerprint density at radius 1 is 1.17 bits per heavy atom. The molecule has 7 nitrogen and oxygen atoms in total. The zero-order chi connectivity index (χ0) is 20.9. The Balaban J connectivity index is 1.47. The van der Waals surface area contributed by atoms with Crippen molar-refractivity contribution >= 4 is 34.2 Å². The molecule has 1 aromatic carbocycles. The first-order chi connectivity index (χ1) is 14.7. The molecule has 3 aromatic heterocycles. The van der Waals surface area contributed by atoms with E-state index in [-0.39, 0.29) is 11.9 Å². The van der Waals surface area contributed by atoms with E-state index in [1.807, 2.05) is 59.3 Å². The molecule has 0 spiro atoms. The standard InChI is InChI=1S/C22H25N5O2S/c1-29-19-7-5-6-18-16(19)9-13-26(18)14-10-21(28)23-17(11-15-30-2)22-25-24-20-8-3-4-12-27(20)22/h3-9,12-13,17H,10-11,14-15H2,1-2H3,(H,23,28). The zero-order valence-corrected chi connectivity index (χ0v) is 17.9. The fourth-order valence-corrected chi connectivity index (χ4v) is 4.13. The maximum absolute atomic E-state index is 12.8. The van der Waals surface area contributed by atoms with E-state index in [0.717, 1.165) is 40.3 Å². The summed E-state index contributed by atoms with van der Waals surface area (Å²) >= 11 is 1.75. The third-order valence-corrected chi connectivity index (χ3v) is 5.81. The van der Waals surface area contributed by atoms with Crippen LogP contribution >= 0.6 is 11.8 Å². The summed E-state index contributed by atoms with van der Waals surface area (Å²) in [6.45, 7) is 0.596. The summed E-state index contributed by atoms with van der Waals surface area (Å²) in [5, 5.41) is 12.8. The van der Waals surface area contributed by atoms with Crippen molar-refractivity contribution in [3.63, 3.8) is 0 Å². The first kappa shape index (κ1) is 20.3. The van der Waals surface area contributed by atoms with Gasteiger partial charge in [-0.25, -0.2) is 0 Å². The number of hydrogen-bond donors (Lipinski definition) is 1. The number of nitrogens with one attached hydrogen (secondary N) is 1. The number of pyridine rings is 1. The Hall–Kier alpha value is -3.00. The lowest BCUT2D eigenvalue weighted by Crippen LogP contribution is -2.31. The Kier molecular flexibility index (Phi) is 6.23. The van der Waals surface area contributed by atoms with Gasteiger partial charge in [-0.15, -0.1) is 10.2 Å². The number of thioether (sulfide) groups is 1. The molecule has 0 radical (unpaired) electrons. The van der Waals surface area contributed by atoms with Crippen LogP contribution in [-0.2, 0) is 11.3 Å². The molecule has 1 N–H and O–H groups in total. The maximum Gasteiger partial charge on any atom is 0.222 e. The minimum absolute atomic E-state index is 0.00136. The van der Waals surface area contributed by atoms with E-state index in [1.54, 1.807) is 18.9 Å². The zero-order valence-electron chi connectivity index (χ0n) is 17.1. The number of ether oxygens (including phenoxy) is 1. The van der Waals surface area contributed by atoms with Gasteiger partial charge in [-0.2, -0.15) is 11.8 Å². The summed E-state index contributed by atoms with van der Waals surface area (Å²) in [6.07, 6.45) is 7.17. The number of benzene rings is 1. The molecule has 1 amide bonds. The van der Waals surface area contributed by atoms with Gasteiger partial charge in [0.05, 0.1) is 18.7 Å². The van der Waals surface area contributed by atoms with Gasteiger partial charge < -0.3 is 14.6 Å². The van der Waals surface area contributed by atoms with Crippen LogP contribution in [0.15, 0.2) is 54.9 Å². The average molecular weight is 424 g/mol. The molecule has 30 heavy (non-hydrogen) atoms. The molecule has 0 saturated heterocycles. The van der Waals surface area contributed by atoms with Gasteiger partial charge in [0.25, 0.3) is 0 Å². The molecule has 3 heterocycles. The van der Waals surface area contributed by atoms with E-state index >= 15 is 0 Å². The summed E-state index contributed by atoms with van der Waals surface area (Å²) < 4.78 is 9.45. The van der Waals surface area contributed by atoms with Crippen molar-refractivity contribution in [1.82, 2.24) is 24.5 Å². The van der Waals surface area contributed by atoms with Crippen molar-refractivity contribution in [3.05, 3.63) is 60.7 Å². The van der Waals surface area contributed by atoms with Gasteiger partial charge in [0, 0.05) is 30.7 Å². The van der Waals surface area contributed by atoms with E-state index in [1.165, 1.54) is 0 Å². The molecular formula is C22H25N5O2S. The number of aromatic nitrogens is 4. The van der Waals surface area contributed by atoms with Crippen LogP contribution in [0.5, 0.6) is 5.75 Å². The molecule has 4 aromatic rings. The highest BCUT2D eigenvalue weighted by atomic mass is 32.2. The van der Waals surface area contributed by atoms with Crippen molar-refractivity contribution in [1.29, 1.82) is 0 Å². The number of carbonyl (C=O) groups excluding carboxylic acids is 1. The third-order valence-electron chi connectivity index (χ3n) is 5.17. The normalized spacial score (nSPS) is 12.3. The van der Waals surface area contributed by atoms with Crippen molar-refractivity contribution in [2.24, 2.45) is 0 Å². The van der Waals surface area contributed by atoms with Crippen molar-refractivity contribution in [2.75, 3.05) is 19.1 Å². The molecular weight excluding hydrogens is 398 g/mol. The van der Waals surface area contributed by atoms with Crippen molar-refractivity contribution in [3.8, 4) is 5.75 Å². The maximum atomic E-state index is 12.8. The minimum atomic E-state index is -0.177.